The van der Waals surface area contributed by atoms with Crippen LogP contribution in [0.25, 0.3) is 0 Å². The molecule has 21 heavy (non-hydrogen) atoms. The lowest BCUT2D eigenvalue weighted by atomic mass is 10.0. The van der Waals surface area contributed by atoms with Crippen molar-refractivity contribution < 1.29 is 9.90 Å². The second kappa shape index (κ2) is 8.79. The van der Waals surface area contributed by atoms with Crippen molar-refractivity contribution in [2.24, 2.45) is 0 Å². The van der Waals surface area contributed by atoms with Crippen LogP contribution in [-0.2, 0) is 0 Å². The zero-order valence-corrected chi connectivity index (χ0v) is 12.5. The second-order valence-corrected chi connectivity index (χ2v) is 4.60. The Balaban J connectivity index is 2.98. The maximum absolute atomic E-state index is 12.4. The molecule has 0 unspecified atom stereocenters. The van der Waals surface area contributed by atoms with Gasteiger partial charge < -0.3 is 10.0 Å². The third-order valence-corrected chi connectivity index (χ3v) is 3.11. The van der Waals surface area contributed by atoms with Crippen molar-refractivity contribution in [3.63, 3.8) is 0 Å². The summed E-state index contributed by atoms with van der Waals surface area (Å²) in [7, 11) is 0. The highest BCUT2D eigenvalue weighted by Crippen LogP contribution is 2.13. The predicted octanol–water partition coefficient (Wildman–Crippen LogP) is 2.10. The maximum atomic E-state index is 12.4. The van der Waals surface area contributed by atoms with Gasteiger partial charge in [-0.15, -0.1) is 0 Å². The summed E-state index contributed by atoms with van der Waals surface area (Å²) in [6.45, 7) is 4.86. The standard InChI is InChI=1S/C17H20N2O2/c1-3-19(11-6-10-18)17(21)16-9-8-14(2)15(13-16)7-4-5-12-20/h8-9,13,20H,3,5-6,11-12H2,1-2H3. The Morgan fingerprint density at radius 3 is 2.76 bits per heavy atom. The van der Waals surface area contributed by atoms with E-state index in [1.165, 1.54) is 0 Å². The number of hydrogen-bond donors (Lipinski definition) is 1. The van der Waals surface area contributed by atoms with Crippen molar-refractivity contribution in [1.82, 2.24) is 4.90 Å². The first kappa shape index (κ1) is 16.8. The fourth-order valence-electron chi connectivity index (χ4n) is 1.87. The Morgan fingerprint density at radius 1 is 1.38 bits per heavy atom. The molecule has 0 saturated heterocycles. The van der Waals surface area contributed by atoms with E-state index >= 15 is 0 Å². The number of carbonyl (C=O) groups is 1. The molecule has 4 nitrogen and oxygen atoms in total. The number of nitrogens with zero attached hydrogens (tertiary/aromatic N) is 2. The molecule has 0 saturated carbocycles. The molecule has 0 aliphatic rings. The monoisotopic (exact) mass is 284 g/mol. The number of rotatable bonds is 5. The van der Waals surface area contributed by atoms with Crippen molar-refractivity contribution in [3.8, 4) is 17.9 Å². The minimum Gasteiger partial charge on any atom is -0.395 e. The maximum Gasteiger partial charge on any atom is 0.253 e. The number of aliphatic hydroxyl groups is 1. The smallest absolute Gasteiger partial charge is 0.253 e. The highest BCUT2D eigenvalue weighted by Gasteiger charge is 2.14. The molecule has 1 rings (SSSR count). The van der Waals surface area contributed by atoms with Crippen LogP contribution in [0.2, 0.25) is 0 Å². The van der Waals surface area contributed by atoms with Crippen molar-refractivity contribution in [1.29, 1.82) is 5.26 Å². The van der Waals surface area contributed by atoms with Crippen molar-refractivity contribution >= 4 is 5.91 Å². The summed E-state index contributed by atoms with van der Waals surface area (Å²) in [6.07, 6.45) is 0.746. The van der Waals surface area contributed by atoms with E-state index < -0.39 is 0 Å². The van der Waals surface area contributed by atoms with E-state index in [-0.39, 0.29) is 12.5 Å². The van der Waals surface area contributed by atoms with Gasteiger partial charge in [-0.3, -0.25) is 4.79 Å². The van der Waals surface area contributed by atoms with E-state index in [9.17, 15) is 4.79 Å². The van der Waals surface area contributed by atoms with Crippen LogP contribution in [0.1, 0.15) is 41.3 Å². The first-order valence-corrected chi connectivity index (χ1v) is 7.00. The average Bonchev–Trinajstić information content (AvgIpc) is 2.50. The quantitative estimate of drug-likeness (QED) is 0.842. The summed E-state index contributed by atoms with van der Waals surface area (Å²) < 4.78 is 0. The van der Waals surface area contributed by atoms with Gasteiger partial charge in [0.05, 0.1) is 19.1 Å². The highest BCUT2D eigenvalue weighted by molar-refractivity contribution is 5.94. The van der Waals surface area contributed by atoms with E-state index in [1.807, 2.05) is 19.9 Å². The SMILES string of the molecule is CCN(CCC#N)C(=O)c1ccc(C)c(C#CCCO)c1. The zero-order chi connectivity index (χ0) is 15.7. The highest BCUT2D eigenvalue weighted by atomic mass is 16.2. The lowest BCUT2D eigenvalue weighted by Gasteiger charge is -2.19. The molecule has 110 valence electrons. The number of nitriles is 1. The zero-order valence-electron chi connectivity index (χ0n) is 12.5. The summed E-state index contributed by atoms with van der Waals surface area (Å²) in [5.74, 6) is 5.76. The number of hydrogen-bond acceptors (Lipinski definition) is 3. The molecule has 4 heteroatoms. The number of aryl methyl sites for hydroxylation is 1. The minimum absolute atomic E-state index is 0.0302. The molecule has 0 bridgehead atoms. The summed E-state index contributed by atoms with van der Waals surface area (Å²) in [5.41, 5.74) is 2.37. The van der Waals surface area contributed by atoms with Crippen LogP contribution in [0.15, 0.2) is 18.2 Å². The van der Waals surface area contributed by atoms with Crippen molar-refractivity contribution in [3.05, 3.63) is 34.9 Å². The van der Waals surface area contributed by atoms with Gasteiger partial charge in [0.1, 0.15) is 0 Å². The summed E-state index contributed by atoms with van der Waals surface area (Å²) in [5, 5.41) is 17.4. The molecule has 1 amide bonds. The average molecular weight is 284 g/mol. The molecular formula is C17H20N2O2. The fourth-order valence-corrected chi connectivity index (χ4v) is 1.87. The van der Waals surface area contributed by atoms with Gasteiger partial charge in [0.2, 0.25) is 0 Å². The van der Waals surface area contributed by atoms with Gasteiger partial charge in [-0.2, -0.15) is 5.26 Å². The Hall–Kier alpha value is -2.30. The van der Waals surface area contributed by atoms with Gasteiger partial charge in [0, 0.05) is 30.6 Å². The number of aliphatic hydroxyl groups excluding tert-OH is 1. The van der Waals surface area contributed by atoms with Gasteiger partial charge in [0.25, 0.3) is 5.91 Å². The molecule has 0 spiro atoms. The van der Waals surface area contributed by atoms with E-state index in [1.54, 1.807) is 17.0 Å². The van der Waals surface area contributed by atoms with E-state index in [0.29, 0.717) is 31.5 Å². The molecule has 1 N–H and O–H groups in total. The largest absolute Gasteiger partial charge is 0.395 e. The van der Waals surface area contributed by atoms with E-state index in [0.717, 1.165) is 11.1 Å². The van der Waals surface area contributed by atoms with Gasteiger partial charge in [-0.25, -0.2) is 0 Å². The van der Waals surface area contributed by atoms with Crippen molar-refractivity contribution in [2.75, 3.05) is 19.7 Å². The third-order valence-electron chi connectivity index (χ3n) is 3.11. The molecule has 0 fully saturated rings. The van der Waals surface area contributed by atoms with Crippen LogP contribution >= 0.6 is 0 Å². The Kier molecular flexibility index (Phi) is 7.01. The van der Waals surface area contributed by atoms with Crippen LogP contribution in [0.5, 0.6) is 0 Å². The molecule has 1 aromatic carbocycles. The summed E-state index contributed by atoms with van der Waals surface area (Å²) in [4.78, 5) is 14.1. The molecule has 1 aromatic rings. The molecule has 0 heterocycles. The topological polar surface area (TPSA) is 64.3 Å². The molecule has 0 atom stereocenters. The van der Waals surface area contributed by atoms with E-state index in [4.69, 9.17) is 10.4 Å². The Labute approximate surface area is 126 Å². The van der Waals surface area contributed by atoms with Crippen molar-refractivity contribution in [2.45, 2.75) is 26.7 Å². The van der Waals surface area contributed by atoms with Gasteiger partial charge in [0.15, 0.2) is 0 Å². The second-order valence-electron chi connectivity index (χ2n) is 4.60. The lowest BCUT2D eigenvalue weighted by Crippen LogP contribution is -2.31. The van der Waals surface area contributed by atoms with Crippen LogP contribution in [0.4, 0.5) is 0 Å². The minimum atomic E-state index is -0.0852. The normalized spacial score (nSPS) is 9.43. The summed E-state index contributed by atoms with van der Waals surface area (Å²) in [6, 6.07) is 7.48. The molecule has 0 aliphatic heterocycles. The van der Waals surface area contributed by atoms with Gasteiger partial charge in [-0.1, -0.05) is 17.9 Å². The molecule has 0 radical (unpaired) electrons. The fraction of sp³-hybridized carbons (Fsp3) is 0.412. The lowest BCUT2D eigenvalue weighted by molar-refractivity contribution is 0.0768. The number of amides is 1. The van der Waals surface area contributed by atoms with Gasteiger partial charge >= 0.3 is 0 Å². The number of carbonyl (C=O) groups excluding carboxylic acids is 1. The van der Waals surface area contributed by atoms with E-state index in [2.05, 4.69) is 17.9 Å². The molecular weight excluding hydrogens is 264 g/mol. The predicted molar refractivity (Wildman–Crippen MR) is 81.6 cm³/mol. The third kappa shape index (κ3) is 4.95. The van der Waals surface area contributed by atoms with Crippen LogP contribution in [-0.4, -0.2) is 35.6 Å². The van der Waals surface area contributed by atoms with Crippen LogP contribution < -0.4 is 0 Å². The summed E-state index contributed by atoms with van der Waals surface area (Å²) >= 11 is 0. The number of benzene rings is 1. The van der Waals surface area contributed by atoms with Crippen LogP contribution in [0, 0.1) is 30.1 Å². The van der Waals surface area contributed by atoms with Gasteiger partial charge in [-0.05, 0) is 31.5 Å². The van der Waals surface area contributed by atoms with Crippen LogP contribution in [0.3, 0.4) is 0 Å². The Morgan fingerprint density at radius 2 is 2.14 bits per heavy atom. The Bertz CT molecular complexity index is 591. The molecule has 0 aliphatic carbocycles. The first-order valence-electron chi connectivity index (χ1n) is 7.00. The first-order chi connectivity index (χ1) is 10.1. The molecule has 0 aromatic heterocycles.